The Morgan fingerprint density at radius 2 is 1.90 bits per heavy atom. The van der Waals surface area contributed by atoms with Gasteiger partial charge in [0.05, 0.1) is 0 Å². The number of benzene rings is 2. The first-order valence-corrected chi connectivity index (χ1v) is 7.63. The van der Waals surface area contributed by atoms with Gasteiger partial charge >= 0.3 is 0 Å². The Bertz CT molecular complexity index is 653. The number of ether oxygens (including phenoxy) is 1. The fourth-order valence-electron chi connectivity index (χ4n) is 2.77. The van der Waals surface area contributed by atoms with Crippen molar-refractivity contribution < 1.29 is 4.74 Å². The highest BCUT2D eigenvalue weighted by Crippen LogP contribution is 2.41. The van der Waals surface area contributed by atoms with Crippen LogP contribution in [0.1, 0.15) is 40.8 Å². The number of rotatable bonds is 1. The second kappa shape index (κ2) is 5.23. The third-order valence-corrected chi connectivity index (χ3v) is 4.38. The summed E-state index contributed by atoms with van der Waals surface area (Å²) in [6, 6.07) is 12.5. The molecule has 0 fully saturated rings. The summed E-state index contributed by atoms with van der Waals surface area (Å²) < 4.78 is 7.22. The smallest absolute Gasteiger partial charge is 0.126 e. The molecule has 2 aromatic rings. The van der Waals surface area contributed by atoms with Crippen LogP contribution in [0.4, 0.5) is 0 Å². The molecule has 3 heteroatoms. The highest BCUT2D eigenvalue weighted by atomic mass is 79.9. The van der Waals surface area contributed by atoms with Crippen LogP contribution in [0.2, 0.25) is 0 Å². The second-order valence-corrected chi connectivity index (χ2v) is 6.41. The summed E-state index contributed by atoms with van der Waals surface area (Å²) in [5.41, 5.74) is 11.2. The lowest BCUT2D eigenvalue weighted by Gasteiger charge is -2.31. The van der Waals surface area contributed by atoms with Crippen LogP contribution in [0, 0.1) is 13.8 Å². The van der Waals surface area contributed by atoms with Gasteiger partial charge in [0.1, 0.15) is 11.9 Å². The Balaban J connectivity index is 1.99. The summed E-state index contributed by atoms with van der Waals surface area (Å²) >= 11 is 3.49. The molecule has 20 heavy (non-hydrogen) atoms. The van der Waals surface area contributed by atoms with Crippen LogP contribution in [0.5, 0.6) is 5.75 Å². The second-order valence-electron chi connectivity index (χ2n) is 5.49. The number of hydrogen-bond acceptors (Lipinski definition) is 2. The molecule has 0 saturated heterocycles. The average molecular weight is 332 g/mol. The highest BCUT2D eigenvalue weighted by molar-refractivity contribution is 9.10. The van der Waals surface area contributed by atoms with Gasteiger partial charge in [-0.25, -0.2) is 0 Å². The van der Waals surface area contributed by atoms with E-state index in [-0.39, 0.29) is 12.1 Å². The zero-order chi connectivity index (χ0) is 14.3. The molecule has 104 valence electrons. The minimum atomic E-state index is 0.0150. The van der Waals surface area contributed by atoms with Crippen LogP contribution < -0.4 is 10.5 Å². The molecule has 2 N–H and O–H groups in total. The number of aryl methyl sites for hydroxylation is 2. The van der Waals surface area contributed by atoms with Gasteiger partial charge in [0.2, 0.25) is 0 Å². The Morgan fingerprint density at radius 1 is 1.10 bits per heavy atom. The third-order valence-electron chi connectivity index (χ3n) is 3.89. The molecular formula is C17H18BrNO. The van der Waals surface area contributed by atoms with E-state index >= 15 is 0 Å². The van der Waals surface area contributed by atoms with Crippen LogP contribution in [0.3, 0.4) is 0 Å². The van der Waals surface area contributed by atoms with Crippen LogP contribution in [0.15, 0.2) is 40.9 Å². The topological polar surface area (TPSA) is 35.2 Å². The lowest BCUT2D eigenvalue weighted by molar-refractivity contribution is 0.161. The third kappa shape index (κ3) is 2.48. The largest absolute Gasteiger partial charge is 0.485 e. The molecule has 2 aromatic carbocycles. The van der Waals surface area contributed by atoms with Gasteiger partial charge < -0.3 is 10.5 Å². The average Bonchev–Trinajstić information content (AvgIpc) is 2.42. The maximum Gasteiger partial charge on any atom is 0.126 e. The summed E-state index contributed by atoms with van der Waals surface area (Å²) in [6.07, 6.45) is 0.854. The maximum absolute atomic E-state index is 6.33. The molecule has 1 aliphatic rings. The van der Waals surface area contributed by atoms with E-state index in [1.165, 1.54) is 16.7 Å². The van der Waals surface area contributed by atoms with Crippen molar-refractivity contribution in [3.63, 3.8) is 0 Å². The monoisotopic (exact) mass is 331 g/mol. The van der Waals surface area contributed by atoms with E-state index in [9.17, 15) is 0 Å². The molecule has 2 atom stereocenters. The van der Waals surface area contributed by atoms with E-state index in [0.717, 1.165) is 22.2 Å². The molecule has 3 rings (SSSR count). The number of fused-ring (bicyclic) bond motifs is 1. The van der Waals surface area contributed by atoms with Crippen LogP contribution >= 0.6 is 15.9 Å². The van der Waals surface area contributed by atoms with Gasteiger partial charge in [0.25, 0.3) is 0 Å². The lowest BCUT2D eigenvalue weighted by atomic mass is 9.91. The lowest BCUT2D eigenvalue weighted by Crippen LogP contribution is -2.24. The summed E-state index contributed by atoms with van der Waals surface area (Å²) in [6.45, 7) is 4.23. The molecule has 1 aliphatic heterocycles. The van der Waals surface area contributed by atoms with Gasteiger partial charge in [-0.3, -0.25) is 0 Å². The Hall–Kier alpha value is -1.32. The summed E-state index contributed by atoms with van der Waals surface area (Å²) in [4.78, 5) is 0. The molecule has 0 amide bonds. The fourth-order valence-corrected chi connectivity index (χ4v) is 3.15. The normalized spacial score (nSPS) is 21.2. The van der Waals surface area contributed by atoms with Gasteiger partial charge in [-0.05, 0) is 43.2 Å². The first-order chi connectivity index (χ1) is 9.54. The molecule has 0 aliphatic carbocycles. The van der Waals surface area contributed by atoms with E-state index in [4.69, 9.17) is 10.5 Å². The first kappa shape index (κ1) is 13.7. The number of nitrogens with two attached hydrogens (primary N) is 1. The minimum Gasteiger partial charge on any atom is -0.485 e. The van der Waals surface area contributed by atoms with Crippen molar-refractivity contribution in [1.82, 2.24) is 0 Å². The molecule has 0 saturated carbocycles. The zero-order valence-corrected chi connectivity index (χ0v) is 13.3. The van der Waals surface area contributed by atoms with Crippen molar-refractivity contribution in [3.05, 3.63) is 63.1 Å². The number of halogens is 1. The SMILES string of the molecule is Cc1ccc(C)c(C2CC(N)c3cc(Br)ccc3O2)c1. The van der Waals surface area contributed by atoms with Gasteiger partial charge in [-0.15, -0.1) is 0 Å². The van der Waals surface area contributed by atoms with Crippen LogP contribution in [-0.2, 0) is 0 Å². The standard InChI is InChI=1S/C17H18BrNO/c1-10-3-4-11(2)13(7-10)17-9-15(19)14-8-12(18)5-6-16(14)20-17/h3-8,15,17H,9,19H2,1-2H3. The molecule has 0 radical (unpaired) electrons. The van der Waals surface area contributed by atoms with E-state index < -0.39 is 0 Å². The molecule has 2 unspecified atom stereocenters. The fraction of sp³-hybridized carbons (Fsp3) is 0.294. The molecule has 1 heterocycles. The quantitative estimate of drug-likeness (QED) is 0.829. The zero-order valence-electron chi connectivity index (χ0n) is 11.7. The highest BCUT2D eigenvalue weighted by Gasteiger charge is 2.28. The van der Waals surface area contributed by atoms with Gasteiger partial charge in [0.15, 0.2) is 0 Å². The van der Waals surface area contributed by atoms with E-state index in [1.807, 2.05) is 12.1 Å². The van der Waals surface area contributed by atoms with Crippen molar-refractivity contribution in [2.24, 2.45) is 5.73 Å². The van der Waals surface area contributed by atoms with Gasteiger partial charge in [0, 0.05) is 22.5 Å². The van der Waals surface area contributed by atoms with Crippen molar-refractivity contribution in [2.45, 2.75) is 32.4 Å². The Morgan fingerprint density at radius 3 is 2.70 bits per heavy atom. The van der Waals surface area contributed by atoms with Crippen molar-refractivity contribution in [1.29, 1.82) is 0 Å². The maximum atomic E-state index is 6.33. The van der Waals surface area contributed by atoms with E-state index in [0.29, 0.717) is 0 Å². The Kier molecular flexibility index (Phi) is 3.57. The van der Waals surface area contributed by atoms with Crippen molar-refractivity contribution in [3.8, 4) is 5.75 Å². The summed E-state index contributed by atoms with van der Waals surface area (Å²) in [5, 5.41) is 0. The minimum absolute atomic E-state index is 0.0150. The molecule has 0 spiro atoms. The summed E-state index contributed by atoms with van der Waals surface area (Å²) in [5.74, 6) is 0.901. The molecular weight excluding hydrogens is 314 g/mol. The number of hydrogen-bond donors (Lipinski definition) is 1. The van der Waals surface area contributed by atoms with Crippen LogP contribution in [0.25, 0.3) is 0 Å². The van der Waals surface area contributed by atoms with Crippen LogP contribution in [-0.4, -0.2) is 0 Å². The van der Waals surface area contributed by atoms with E-state index in [1.54, 1.807) is 0 Å². The van der Waals surface area contributed by atoms with Crippen molar-refractivity contribution in [2.75, 3.05) is 0 Å². The van der Waals surface area contributed by atoms with Crippen molar-refractivity contribution >= 4 is 15.9 Å². The molecule has 2 nitrogen and oxygen atoms in total. The van der Waals surface area contributed by atoms with E-state index in [2.05, 4.69) is 54.0 Å². The predicted octanol–water partition coefficient (Wildman–Crippen LogP) is 4.59. The van der Waals surface area contributed by atoms with Gasteiger partial charge in [-0.1, -0.05) is 39.7 Å². The summed E-state index contributed by atoms with van der Waals surface area (Å²) in [7, 11) is 0. The van der Waals surface area contributed by atoms with Gasteiger partial charge in [-0.2, -0.15) is 0 Å². The molecule has 0 bridgehead atoms. The molecule has 0 aromatic heterocycles. The predicted molar refractivity (Wildman–Crippen MR) is 85.0 cm³/mol. The Labute approximate surface area is 128 Å². The first-order valence-electron chi connectivity index (χ1n) is 6.83.